The van der Waals surface area contributed by atoms with Gasteiger partial charge in [0.2, 0.25) is 5.13 Å². The Morgan fingerprint density at radius 2 is 2.28 bits per heavy atom. The molecule has 1 heterocycles. The average Bonchev–Trinajstić information content (AvgIpc) is 2.73. The van der Waals surface area contributed by atoms with Crippen LogP contribution in [-0.4, -0.2) is 15.1 Å². The maximum atomic E-state index is 10.5. The molecule has 0 aliphatic carbocycles. The molecule has 2 rings (SSSR count). The van der Waals surface area contributed by atoms with Crippen LogP contribution in [0.25, 0.3) is 0 Å². The van der Waals surface area contributed by atoms with E-state index in [1.54, 1.807) is 0 Å². The highest BCUT2D eigenvalue weighted by molar-refractivity contribution is 7.15. The van der Waals surface area contributed by atoms with E-state index in [4.69, 9.17) is 22.1 Å². The average molecular weight is 287 g/mol. The first-order chi connectivity index (χ1) is 8.56. The van der Waals surface area contributed by atoms with Crippen molar-refractivity contribution in [2.75, 3.05) is 5.73 Å². The van der Waals surface area contributed by atoms with Crippen molar-refractivity contribution in [3.05, 3.63) is 38.3 Å². The predicted molar refractivity (Wildman–Crippen MR) is 66.8 cm³/mol. The first kappa shape index (κ1) is 12.5. The van der Waals surface area contributed by atoms with Crippen molar-refractivity contribution in [3.8, 4) is 5.75 Å². The number of anilines is 1. The Hall–Kier alpha value is -1.93. The van der Waals surface area contributed by atoms with Crippen molar-refractivity contribution < 1.29 is 9.66 Å². The molecule has 0 aliphatic heterocycles. The Kier molecular flexibility index (Phi) is 3.58. The summed E-state index contributed by atoms with van der Waals surface area (Å²) in [6.45, 7) is 0.159. The van der Waals surface area contributed by atoms with Gasteiger partial charge in [0.05, 0.1) is 9.95 Å². The summed E-state index contributed by atoms with van der Waals surface area (Å²) in [4.78, 5) is 10.00. The Morgan fingerprint density at radius 3 is 2.83 bits per heavy atom. The van der Waals surface area contributed by atoms with Gasteiger partial charge >= 0.3 is 0 Å². The van der Waals surface area contributed by atoms with E-state index in [0.717, 1.165) is 0 Å². The van der Waals surface area contributed by atoms with E-state index in [1.165, 1.54) is 29.5 Å². The highest BCUT2D eigenvalue weighted by atomic mass is 35.5. The Bertz CT molecular complexity index is 589. The Morgan fingerprint density at radius 1 is 1.50 bits per heavy atom. The van der Waals surface area contributed by atoms with Crippen LogP contribution < -0.4 is 10.5 Å². The lowest BCUT2D eigenvalue weighted by atomic mass is 10.3. The van der Waals surface area contributed by atoms with Crippen LogP contribution in [0.3, 0.4) is 0 Å². The van der Waals surface area contributed by atoms with Crippen LogP contribution in [0, 0.1) is 10.1 Å². The molecule has 0 aliphatic rings. The van der Waals surface area contributed by atoms with Crippen LogP contribution in [-0.2, 0) is 6.61 Å². The topological polar surface area (TPSA) is 104 Å². The minimum atomic E-state index is -0.527. The second-order valence-electron chi connectivity index (χ2n) is 3.19. The van der Waals surface area contributed by atoms with Gasteiger partial charge in [-0.2, -0.15) is 0 Å². The fourth-order valence-electron chi connectivity index (χ4n) is 1.18. The largest absolute Gasteiger partial charge is 0.485 e. The first-order valence-electron chi connectivity index (χ1n) is 4.71. The molecule has 18 heavy (non-hydrogen) atoms. The molecule has 0 saturated heterocycles. The normalized spacial score (nSPS) is 10.3. The summed E-state index contributed by atoms with van der Waals surface area (Å²) in [6, 6.07) is 3.98. The van der Waals surface area contributed by atoms with E-state index in [0.29, 0.717) is 15.9 Å². The van der Waals surface area contributed by atoms with Crippen LogP contribution >= 0.6 is 22.9 Å². The number of halogens is 1. The molecule has 1 aromatic carbocycles. The molecule has 0 spiro atoms. The van der Waals surface area contributed by atoms with Crippen LogP contribution in [0.1, 0.15) is 5.01 Å². The molecule has 0 bridgehead atoms. The van der Waals surface area contributed by atoms with Gasteiger partial charge in [0.1, 0.15) is 12.4 Å². The highest BCUT2D eigenvalue weighted by Gasteiger charge is 2.11. The second-order valence-corrected chi connectivity index (χ2v) is 4.70. The Labute approximate surface area is 110 Å². The third-order valence-corrected chi connectivity index (χ3v) is 2.98. The zero-order chi connectivity index (χ0) is 13.1. The van der Waals surface area contributed by atoms with E-state index in [1.807, 2.05) is 0 Å². The Balaban J connectivity index is 2.08. The van der Waals surface area contributed by atoms with Gasteiger partial charge in [-0.25, -0.2) is 0 Å². The predicted octanol–water partition coefficient (Wildman–Crippen LogP) is 2.26. The number of nitrogen functional groups attached to an aromatic ring is 1. The molecule has 94 valence electrons. The maximum absolute atomic E-state index is 10.5. The van der Waals surface area contributed by atoms with Gasteiger partial charge in [-0.05, 0) is 6.07 Å². The third-order valence-electron chi connectivity index (χ3n) is 1.96. The van der Waals surface area contributed by atoms with E-state index < -0.39 is 4.92 Å². The van der Waals surface area contributed by atoms with Gasteiger partial charge in [0.25, 0.3) is 5.69 Å². The monoisotopic (exact) mass is 286 g/mol. The molecule has 2 aromatic rings. The zero-order valence-electron chi connectivity index (χ0n) is 8.87. The molecule has 7 nitrogen and oxygen atoms in total. The van der Waals surface area contributed by atoms with Gasteiger partial charge in [-0.15, -0.1) is 10.2 Å². The molecule has 0 atom stereocenters. The first-order valence-corrected chi connectivity index (χ1v) is 5.90. The van der Waals surface area contributed by atoms with Crippen molar-refractivity contribution in [2.24, 2.45) is 0 Å². The van der Waals surface area contributed by atoms with Gasteiger partial charge in [0, 0.05) is 12.1 Å². The summed E-state index contributed by atoms with van der Waals surface area (Å²) in [5.74, 6) is 0.344. The lowest BCUT2D eigenvalue weighted by molar-refractivity contribution is -0.384. The van der Waals surface area contributed by atoms with E-state index in [9.17, 15) is 10.1 Å². The lowest BCUT2D eigenvalue weighted by Crippen LogP contribution is -1.96. The van der Waals surface area contributed by atoms with Gasteiger partial charge in [-0.3, -0.25) is 10.1 Å². The summed E-state index contributed by atoms with van der Waals surface area (Å²) >= 11 is 7.06. The molecule has 0 unspecified atom stereocenters. The number of aromatic nitrogens is 2. The van der Waals surface area contributed by atoms with E-state index >= 15 is 0 Å². The molecule has 0 radical (unpaired) electrons. The third kappa shape index (κ3) is 2.84. The van der Waals surface area contributed by atoms with Crippen LogP contribution in [0.5, 0.6) is 5.75 Å². The van der Waals surface area contributed by atoms with Gasteiger partial charge < -0.3 is 10.5 Å². The van der Waals surface area contributed by atoms with Crippen LogP contribution in [0.2, 0.25) is 5.02 Å². The molecule has 0 amide bonds. The minimum Gasteiger partial charge on any atom is -0.485 e. The summed E-state index contributed by atoms with van der Waals surface area (Å²) < 4.78 is 5.37. The molecular formula is C9H7ClN4O3S. The zero-order valence-corrected chi connectivity index (χ0v) is 10.4. The number of non-ortho nitro benzene ring substituents is 1. The molecule has 2 N–H and O–H groups in total. The molecule has 1 aromatic heterocycles. The van der Waals surface area contributed by atoms with Crippen molar-refractivity contribution in [3.63, 3.8) is 0 Å². The summed E-state index contributed by atoms with van der Waals surface area (Å²) in [5.41, 5.74) is 5.33. The standard InChI is InChI=1S/C9H7ClN4O3S/c10-6-3-5(14(15)16)1-2-7(6)17-4-8-12-13-9(11)18-8/h1-3H,4H2,(H2,11,13). The molecular weight excluding hydrogens is 280 g/mol. The van der Waals surface area contributed by atoms with Crippen molar-refractivity contribution in [1.82, 2.24) is 10.2 Å². The number of rotatable bonds is 4. The van der Waals surface area contributed by atoms with Crippen molar-refractivity contribution in [2.45, 2.75) is 6.61 Å². The summed E-state index contributed by atoms with van der Waals surface area (Å²) in [6.07, 6.45) is 0. The quantitative estimate of drug-likeness (QED) is 0.683. The van der Waals surface area contributed by atoms with Crippen LogP contribution in [0.15, 0.2) is 18.2 Å². The van der Waals surface area contributed by atoms with E-state index in [-0.39, 0.29) is 17.3 Å². The number of hydrogen-bond acceptors (Lipinski definition) is 7. The number of hydrogen-bond donors (Lipinski definition) is 1. The van der Waals surface area contributed by atoms with Gasteiger partial charge in [0.15, 0.2) is 5.01 Å². The maximum Gasteiger partial charge on any atom is 0.271 e. The molecule has 0 saturated carbocycles. The summed E-state index contributed by atoms with van der Waals surface area (Å²) in [5, 5.41) is 19.0. The fourth-order valence-corrected chi connectivity index (χ4v) is 1.94. The number of nitro benzene ring substituents is 1. The fraction of sp³-hybridized carbons (Fsp3) is 0.111. The number of nitrogens with zero attached hydrogens (tertiary/aromatic N) is 3. The van der Waals surface area contributed by atoms with Crippen molar-refractivity contribution >= 4 is 33.8 Å². The van der Waals surface area contributed by atoms with Crippen molar-refractivity contribution in [1.29, 1.82) is 0 Å². The number of ether oxygens (including phenoxy) is 1. The number of nitro groups is 1. The smallest absolute Gasteiger partial charge is 0.271 e. The van der Waals surface area contributed by atoms with Gasteiger partial charge in [-0.1, -0.05) is 22.9 Å². The molecule has 9 heteroatoms. The number of benzene rings is 1. The van der Waals surface area contributed by atoms with Crippen LogP contribution in [0.4, 0.5) is 10.8 Å². The minimum absolute atomic E-state index is 0.0903. The second kappa shape index (κ2) is 5.15. The van der Waals surface area contributed by atoms with E-state index in [2.05, 4.69) is 10.2 Å². The number of nitrogens with two attached hydrogens (primary N) is 1. The SMILES string of the molecule is Nc1nnc(COc2ccc([N+](=O)[O-])cc2Cl)s1. The lowest BCUT2D eigenvalue weighted by Gasteiger charge is -2.05. The highest BCUT2D eigenvalue weighted by Crippen LogP contribution is 2.29. The summed E-state index contributed by atoms with van der Waals surface area (Å²) in [7, 11) is 0. The molecule has 0 fully saturated rings.